The first kappa shape index (κ1) is 18.7. The van der Waals surface area contributed by atoms with Gasteiger partial charge in [0.25, 0.3) is 5.91 Å². The molecule has 2 aromatic rings. The van der Waals surface area contributed by atoms with E-state index in [4.69, 9.17) is 4.74 Å². The largest absolute Gasteiger partial charge is 0.378 e. The Morgan fingerprint density at radius 2 is 1.70 bits per heavy atom. The molecule has 1 saturated heterocycles. The number of nitrogens with zero attached hydrogens (tertiary/aromatic N) is 1. The van der Waals surface area contributed by atoms with Crippen molar-refractivity contribution in [2.24, 2.45) is 0 Å². The summed E-state index contributed by atoms with van der Waals surface area (Å²) in [4.78, 5) is 26.4. The quantitative estimate of drug-likeness (QED) is 0.721. The minimum atomic E-state index is -0.464. The maximum absolute atomic E-state index is 12.1. The number of morpholine rings is 1. The lowest BCUT2D eigenvalue weighted by Gasteiger charge is -2.30. The molecule has 0 saturated carbocycles. The molecule has 142 valence electrons. The van der Waals surface area contributed by atoms with E-state index in [1.165, 1.54) is 0 Å². The number of benzene rings is 2. The first-order valence-corrected chi connectivity index (χ1v) is 8.95. The van der Waals surface area contributed by atoms with Gasteiger partial charge < -0.3 is 15.0 Å². The SMILES string of the molecule is Cc1ccccc1C(=O)NNC(=O)NCc1ccccc1N1CCOCC1. The van der Waals surface area contributed by atoms with Gasteiger partial charge in [0.15, 0.2) is 0 Å². The summed E-state index contributed by atoms with van der Waals surface area (Å²) in [6.45, 7) is 5.27. The predicted octanol–water partition coefficient (Wildman–Crippen LogP) is 1.98. The minimum absolute atomic E-state index is 0.350. The van der Waals surface area contributed by atoms with E-state index in [2.05, 4.69) is 21.1 Å². The van der Waals surface area contributed by atoms with Crippen LogP contribution in [0.4, 0.5) is 10.5 Å². The fraction of sp³-hybridized carbons (Fsp3) is 0.300. The summed E-state index contributed by atoms with van der Waals surface area (Å²) in [5.41, 5.74) is 8.29. The Balaban J connectivity index is 1.52. The molecule has 0 unspecified atom stereocenters. The highest BCUT2D eigenvalue weighted by atomic mass is 16.5. The highest BCUT2D eigenvalue weighted by molar-refractivity contribution is 5.96. The summed E-state index contributed by atoms with van der Waals surface area (Å²) >= 11 is 0. The van der Waals surface area contributed by atoms with Gasteiger partial charge in [0.1, 0.15) is 0 Å². The van der Waals surface area contributed by atoms with Crippen molar-refractivity contribution in [3.8, 4) is 0 Å². The van der Waals surface area contributed by atoms with Crippen LogP contribution >= 0.6 is 0 Å². The molecule has 7 nitrogen and oxygen atoms in total. The zero-order chi connectivity index (χ0) is 19.1. The molecule has 1 aliphatic heterocycles. The molecule has 27 heavy (non-hydrogen) atoms. The Labute approximate surface area is 158 Å². The van der Waals surface area contributed by atoms with E-state index in [1.54, 1.807) is 12.1 Å². The summed E-state index contributed by atoms with van der Waals surface area (Å²) < 4.78 is 5.40. The van der Waals surface area contributed by atoms with E-state index in [-0.39, 0.29) is 5.91 Å². The smallest absolute Gasteiger partial charge is 0.333 e. The summed E-state index contributed by atoms with van der Waals surface area (Å²) in [6, 6.07) is 14.7. The van der Waals surface area contributed by atoms with Crippen LogP contribution in [0.1, 0.15) is 21.5 Å². The van der Waals surface area contributed by atoms with Gasteiger partial charge in [0.05, 0.1) is 13.2 Å². The fourth-order valence-electron chi connectivity index (χ4n) is 3.00. The lowest BCUT2D eigenvalue weighted by atomic mass is 10.1. The Kier molecular flexibility index (Phi) is 6.27. The first-order valence-electron chi connectivity index (χ1n) is 8.95. The third-order valence-electron chi connectivity index (χ3n) is 4.46. The Morgan fingerprint density at radius 1 is 1.00 bits per heavy atom. The monoisotopic (exact) mass is 368 g/mol. The summed E-state index contributed by atoms with van der Waals surface area (Å²) in [7, 11) is 0. The average Bonchev–Trinajstić information content (AvgIpc) is 2.71. The number of aryl methyl sites for hydroxylation is 1. The van der Waals surface area contributed by atoms with Crippen LogP contribution in [-0.4, -0.2) is 38.2 Å². The molecule has 0 aromatic heterocycles. The second kappa shape index (κ2) is 9.05. The first-order chi connectivity index (χ1) is 13.1. The van der Waals surface area contributed by atoms with Crippen LogP contribution in [0.25, 0.3) is 0 Å². The number of rotatable bonds is 4. The molecule has 1 aliphatic rings. The Hall–Kier alpha value is -3.06. The van der Waals surface area contributed by atoms with Gasteiger partial charge in [0, 0.05) is 30.9 Å². The van der Waals surface area contributed by atoms with Gasteiger partial charge in [-0.05, 0) is 30.2 Å². The minimum Gasteiger partial charge on any atom is -0.378 e. The lowest BCUT2D eigenvalue weighted by Crippen LogP contribution is -2.47. The second-order valence-electron chi connectivity index (χ2n) is 6.30. The topological polar surface area (TPSA) is 82.7 Å². The van der Waals surface area contributed by atoms with Gasteiger partial charge >= 0.3 is 6.03 Å². The standard InChI is InChI=1S/C20H24N4O3/c1-15-6-2-4-8-17(15)19(25)22-23-20(26)21-14-16-7-3-5-9-18(16)24-10-12-27-13-11-24/h2-9H,10-14H2,1H3,(H,22,25)(H2,21,23,26). The van der Waals surface area contributed by atoms with Gasteiger partial charge in [-0.2, -0.15) is 0 Å². The van der Waals surface area contributed by atoms with E-state index in [0.29, 0.717) is 25.3 Å². The number of carbonyl (C=O) groups is 2. The van der Waals surface area contributed by atoms with Crippen molar-refractivity contribution in [1.82, 2.24) is 16.2 Å². The van der Waals surface area contributed by atoms with Crippen molar-refractivity contribution in [3.63, 3.8) is 0 Å². The van der Waals surface area contributed by atoms with E-state index in [9.17, 15) is 9.59 Å². The molecule has 3 N–H and O–H groups in total. The van der Waals surface area contributed by atoms with Crippen molar-refractivity contribution in [2.75, 3.05) is 31.2 Å². The highest BCUT2D eigenvalue weighted by Crippen LogP contribution is 2.21. The van der Waals surface area contributed by atoms with Crippen LogP contribution in [0.5, 0.6) is 0 Å². The maximum Gasteiger partial charge on any atom is 0.333 e. The average molecular weight is 368 g/mol. The molecule has 0 spiro atoms. The van der Waals surface area contributed by atoms with Crippen molar-refractivity contribution >= 4 is 17.6 Å². The van der Waals surface area contributed by atoms with Crippen LogP contribution in [0, 0.1) is 6.92 Å². The van der Waals surface area contributed by atoms with Crippen LogP contribution in [0.3, 0.4) is 0 Å². The maximum atomic E-state index is 12.1. The number of amides is 3. The molecule has 0 bridgehead atoms. The molecule has 0 atom stereocenters. The Bertz CT molecular complexity index is 803. The molecule has 0 aliphatic carbocycles. The van der Waals surface area contributed by atoms with Crippen LogP contribution in [0.15, 0.2) is 48.5 Å². The molecule has 3 amide bonds. The zero-order valence-corrected chi connectivity index (χ0v) is 15.3. The molecule has 2 aromatic carbocycles. The molecular formula is C20H24N4O3. The number of carbonyl (C=O) groups excluding carboxylic acids is 2. The number of hydrogen-bond donors (Lipinski definition) is 3. The van der Waals surface area contributed by atoms with E-state index >= 15 is 0 Å². The number of anilines is 1. The normalized spacial score (nSPS) is 13.7. The van der Waals surface area contributed by atoms with Gasteiger partial charge in [-0.1, -0.05) is 36.4 Å². The second-order valence-corrected chi connectivity index (χ2v) is 6.30. The van der Waals surface area contributed by atoms with Crippen LogP contribution < -0.4 is 21.1 Å². The molecular weight excluding hydrogens is 344 g/mol. The fourth-order valence-corrected chi connectivity index (χ4v) is 3.00. The molecule has 1 fully saturated rings. The number of urea groups is 1. The van der Waals surface area contributed by atoms with Gasteiger partial charge in [0.2, 0.25) is 0 Å². The third kappa shape index (κ3) is 4.98. The van der Waals surface area contributed by atoms with E-state index < -0.39 is 6.03 Å². The third-order valence-corrected chi connectivity index (χ3v) is 4.46. The number of hydrogen-bond acceptors (Lipinski definition) is 4. The highest BCUT2D eigenvalue weighted by Gasteiger charge is 2.15. The van der Waals surface area contributed by atoms with Crippen LogP contribution in [0.2, 0.25) is 0 Å². The van der Waals surface area contributed by atoms with Gasteiger partial charge in [-0.15, -0.1) is 0 Å². The van der Waals surface area contributed by atoms with Crippen molar-refractivity contribution in [2.45, 2.75) is 13.5 Å². The van der Waals surface area contributed by atoms with E-state index in [1.807, 2.05) is 43.3 Å². The number of nitrogens with one attached hydrogen (secondary N) is 3. The predicted molar refractivity (Wildman–Crippen MR) is 103 cm³/mol. The molecule has 3 rings (SSSR count). The Morgan fingerprint density at radius 3 is 2.48 bits per heavy atom. The number of hydrazine groups is 1. The summed E-state index contributed by atoms with van der Waals surface area (Å²) in [5, 5.41) is 2.78. The van der Waals surface area contributed by atoms with Gasteiger partial charge in [-0.3, -0.25) is 10.2 Å². The number of ether oxygens (including phenoxy) is 1. The number of para-hydroxylation sites is 1. The van der Waals surface area contributed by atoms with Crippen molar-refractivity contribution < 1.29 is 14.3 Å². The van der Waals surface area contributed by atoms with E-state index in [0.717, 1.165) is 29.9 Å². The zero-order valence-electron chi connectivity index (χ0n) is 15.3. The van der Waals surface area contributed by atoms with Gasteiger partial charge in [-0.25, -0.2) is 10.2 Å². The van der Waals surface area contributed by atoms with Crippen LogP contribution in [-0.2, 0) is 11.3 Å². The molecule has 7 heteroatoms. The summed E-state index contributed by atoms with van der Waals surface area (Å²) in [6.07, 6.45) is 0. The summed E-state index contributed by atoms with van der Waals surface area (Å²) in [5.74, 6) is -0.350. The van der Waals surface area contributed by atoms with Crippen molar-refractivity contribution in [1.29, 1.82) is 0 Å². The molecule has 0 radical (unpaired) electrons. The van der Waals surface area contributed by atoms with Crippen molar-refractivity contribution in [3.05, 3.63) is 65.2 Å². The molecule has 1 heterocycles. The lowest BCUT2D eigenvalue weighted by molar-refractivity contribution is 0.0935.